The Balaban J connectivity index is 2.03. The summed E-state index contributed by atoms with van der Waals surface area (Å²) >= 11 is 0. The summed E-state index contributed by atoms with van der Waals surface area (Å²) in [6.45, 7) is 0.972. The molecule has 1 unspecified atom stereocenters. The van der Waals surface area contributed by atoms with Crippen molar-refractivity contribution in [1.29, 1.82) is 0 Å². The molecule has 2 heteroatoms. The molecule has 0 aliphatic heterocycles. The number of likely N-dealkylation sites (N-methyl/N-ethyl adjacent to an activating group) is 2. The Bertz CT molecular complexity index is 315. The van der Waals surface area contributed by atoms with Crippen LogP contribution in [-0.4, -0.2) is 20.6 Å². The monoisotopic (exact) mass is 246 g/mol. The maximum atomic E-state index is 3.36. The Labute approximate surface area is 111 Å². The van der Waals surface area contributed by atoms with Crippen LogP contribution in [-0.2, 0) is 0 Å². The van der Waals surface area contributed by atoms with E-state index in [0.717, 1.165) is 12.5 Å². The van der Waals surface area contributed by atoms with Crippen molar-refractivity contribution in [2.75, 3.05) is 20.6 Å². The second-order valence-electron chi connectivity index (χ2n) is 5.40. The molecule has 0 saturated heterocycles. The summed E-state index contributed by atoms with van der Waals surface area (Å²) in [6.07, 6.45) is 7.01. The molecule has 1 aliphatic carbocycles. The Morgan fingerprint density at radius 2 is 1.72 bits per heavy atom. The van der Waals surface area contributed by atoms with Gasteiger partial charge in [0.15, 0.2) is 0 Å². The number of hydrogen-bond acceptors (Lipinski definition) is 2. The van der Waals surface area contributed by atoms with Gasteiger partial charge in [-0.15, -0.1) is 0 Å². The molecule has 1 aromatic carbocycles. The van der Waals surface area contributed by atoms with E-state index in [0.29, 0.717) is 6.04 Å². The standard InChI is InChI=1S/C16H26N2/c1-17-12-16(18-2)15-10-8-14(9-11-15)13-6-4-3-5-7-13/h8-11,13,16-18H,3-7,12H2,1-2H3. The molecule has 1 saturated carbocycles. The normalized spacial score (nSPS) is 18.8. The molecule has 1 aliphatic rings. The Morgan fingerprint density at radius 1 is 1.06 bits per heavy atom. The summed E-state index contributed by atoms with van der Waals surface area (Å²) < 4.78 is 0. The molecular weight excluding hydrogens is 220 g/mol. The van der Waals surface area contributed by atoms with Crippen molar-refractivity contribution in [2.45, 2.75) is 44.1 Å². The number of hydrogen-bond donors (Lipinski definition) is 2. The molecule has 1 atom stereocenters. The number of rotatable bonds is 5. The van der Waals surface area contributed by atoms with Crippen LogP contribution in [0.15, 0.2) is 24.3 Å². The van der Waals surface area contributed by atoms with E-state index in [4.69, 9.17) is 0 Å². The van der Waals surface area contributed by atoms with Gasteiger partial charge in [-0.3, -0.25) is 0 Å². The van der Waals surface area contributed by atoms with Crippen molar-refractivity contribution in [2.24, 2.45) is 0 Å². The highest BCUT2D eigenvalue weighted by molar-refractivity contribution is 5.28. The van der Waals surface area contributed by atoms with Gasteiger partial charge >= 0.3 is 0 Å². The quantitative estimate of drug-likeness (QED) is 0.833. The second-order valence-corrected chi connectivity index (χ2v) is 5.40. The Morgan fingerprint density at radius 3 is 2.28 bits per heavy atom. The molecule has 2 nitrogen and oxygen atoms in total. The number of benzene rings is 1. The van der Waals surface area contributed by atoms with Crippen LogP contribution in [0, 0.1) is 0 Å². The molecule has 1 aromatic rings. The van der Waals surface area contributed by atoms with Crippen molar-refractivity contribution >= 4 is 0 Å². The Hall–Kier alpha value is -0.860. The van der Waals surface area contributed by atoms with Crippen LogP contribution < -0.4 is 10.6 Å². The molecule has 0 bridgehead atoms. The molecule has 2 rings (SSSR count). The molecule has 0 radical (unpaired) electrons. The van der Waals surface area contributed by atoms with Crippen molar-refractivity contribution in [3.05, 3.63) is 35.4 Å². The smallest absolute Gasteiger partial charge is 0.0444 e. The van der Waals surface area contributed by atoms with Crippen LogP contribution in [0.4, 0.5) is 0 Å². The first-order valence-corrected chi connectivity index (χ1v) is 7.27. The molecule has 18 heavy (non-hydrogen) atoms. The predicted octanol–water partition coefficient (Wildman–Crippen LogP) is 3.21. The average Bonchev–Trinajstić information content (AvgIpc) is 2.46. The van der Waals surface area contributed by atoms with Gasteiger partial charge in [0.1, 0.15) is 0 Å². The van der Waals surface area contributed by atoms with Gasteiger partial charge in [-0.2, -0.15) is 0 Å². The van der Waals surface area contributed by atoms with E-state index in [9.17, 15) is 0 Å². The zero-order valence-corrected chi connectivity index (χ0v) is 11.7. The largest absolute Gasteiger partial charge is 0.318 e. The van der Waals surface area contributed by atoms with Gasteiger partial charge in [-0.1, -0.05) is 43.5 Å². The molecule has 2 N–H and O–H groups in total. The fourth-order valence-corrected chi connectivity index (χ4v) is 3.03. The van der Waals surface area contributed by atoms with Crippen molar-refractivity contribution in [1.82, 2.24) is 10.6 Å². The third-order valence-electron chi connectivity index (χ3n) is 4.17. The van der Waals surface area contributed by atoms with E-state index in [1.165, 1.54) is 43.2 Å². The van der Waals surface area contributed by atoms with E-state index in [1.807, 2.05) is 14.1 Å². The van der Waals surface area contributed by atoms with Gasteiger partial charge < -0.3 is 10.6 Å². The van der Waals surface area contributed by atoms with Crippen LogP contribution in [0.2, 0.25) is 0 Å². The lowest BCUT2D eigenvalue weighted by atomic mass is 9.84. The van der Waals surface area contributed by atoms with Crippen LogP contribution in [0.5, 0.6) is 0 Å². The first kappa shape index (κ1) is 13.6. The van der Waals surface area contributed by atoms with E-state index in [-0.39, 0.29) is 0 Å². The van der Waals surface area contributed by atoms with Crippen LogP contribution in [0.1, 0.15) is 55.2 Å². The van der Waals surface area contributed by atoms with E-state index >= 15 is 0 Å². The zero-order valence-electron chi connectivity index (χ0n) is 11.7. The first-order valence-electron chi connectivity index (χ1n) is 7.27. The predicted molar refractivity (Wildman–Crippen MR) is 78.0 cm³/mol. The lowest BCUT2D eigenvalue weighted by molar-refractivity contribution is 0.443. The van der Waals surface area contributed by atoms with Gasteiger partial charge in [0, 0.05) is 12.6 Å². The van der Waals surface area contributed by atoms with E-state index in [1.54, 1.807) is 0 Å². The first-order chi connectivity index (χ1) is 8.85. The minimum atomic E-state index is 0.412. The molecule has 1 fully saturated rings. The van der Waals surface area contributed by atoms with Gasteiger partial charge in [-0.25, -0.2) is 0 Å². The third-order valence-corrected chi connectivity index (χ3v) is 4.17. The lowest BCUT2D eigenvalue weighted by Gasteiger charge is -2.23. The summed E-state index contributed by atoms with van der Waals surface area (Å²) in [7, 11) is 4.03. The van der Waals surface area contributed by atoms with Gasteiger partial charge in [0.05, 0.1) is 0 Å². The van der Waals surface area contributed by atoms with Gasteiger partial charge in [0.2, 0.25) is 0 Å². The van der Waals surface area contributed by atoms with Gasteiger partial charge in [0.25, 0.3) is 0 Å². The van der Waals surface area contributed by atoms with Crippen LogP contribution in [0.25, 0.3) is 0 Å². The zero-order chi connectivity index (χ0) is 12.8. The van der Waals surface area contributed by atoms with Crippen LogP contribution in [0.3, 0.4) is 0 Å². The molecular formula is C16H26N2. The molecule has 0 amide bonds. The van der Waals surface area contributed by atoms with Crippen molar-refractivity contribution < 1.29 is 0 Å². The van der Waals surface area contributed by atoms with Gasteiger partial charge in [-0.05, 0) is 44.0 Å². The van der Waals surface area contributed by atoms with E-state index in [2.05, 4.69) is 34.9 Å². The van der Waals surface area contributed by atoms with Crippen molar-refractivity contribution in [3.8, 4) is 0 Å². The highest BCUT2D eigenvalue weighted by Gasteiger charge is 2.16. The molecule has 0 spiro atoms. The average molecular weight is 246 g/mol. The van der Waals surface area contributed by atoms with Crippen LogP contribution >= 0.6 is 0 Å². The fraction of sp³-hybridized carbons (Fsp3) is 0.625. The summed E-state index contributed by atoms with van der Waals surface area (Å²) in [5.74, 6) is 0.810. The third kappa shape index (κ3) is 3.33. The van der Waals surface area contributed by atoms with E-state index < -0.39 is 0 Å². The summed E-state index contributed by atoms with van der Waals surface area (Å²) in [6, 6.07) is 9.68. The minimum absolute atomic E-state index is 0.412. The fourth-order valence-electron chi connectivity index (χ4n) is 3.03. The summed E-state index contributed by atoms with van der Waals surface area (Å²) in [4.78, 5) is 0. The van der Waals surface area contributed by atoms with Crippen molar-refractivity contribution in [3.63, 3.8) is 0 Å². The molecule has 100 valence electrons. The minimum Gasteiger partial charge on any atom is -0.318 e. The topological polar surface area (TPSA) is 24.1 Å². The maximum Gasteiger partial charge on any atom is 0.0444 e. The summed E-state index contributed by atoms with van der Waals surface area (Å²) in [5.41, 5.74) is 2.92. The Kier molecular flexibility index (Phi) is 5.21. The summed E-state index contributed by atoms with van der Waals surface area (Å²) in [5, 5.41) is 6.59. The second kappa shape index (κ2) is 6.91. The molecule has 0 aromatic heterocycles. The highest BCUT2D eigenvalue weighted by Crippen LogP contribution is 2.32. The SMILES string of the molecule is CNCC(NC)c1ccc(C2CCCCC2)cc1. The number of nitrogens with one attached hydrogen (secondary N) is 2. The molecule has 0 heterocycles. The maximum absolute atomic E-state index is 3.36. The lowest BCUT2D eigenvalue weighted by Crippen LogP contribution is -2.27. The highest BCUT2D eigenvalue weighted by atomic mass is 14.9.